The predicted octanol–water partition coefficient (Wildman–Crippen LogP) is 4.13. The van der Waals surface area contributed by atoms with E-state index in [0.29, 0.717) is 11.4 Å². The quantitative estimate of drug-likeness (QED) is 0.850. The van der Waals surface area contributed by atoms with Gasteiger partial charge in [0.2, 0.25) is 5.91 Å². The second-order valence-corrected chi connectivity index (χ2v) is 5.46. The van der Waals surface area contributed by atoms with Gasteiger partial charge in [-0.1, -0.05) is 12.1 Å². The summed E-state index contributed by atoms with van der Waals surface area (Å²) in [5.41, 5.74) is 2.25. The lowest BCUT2D eigenvalue weighted by Gasteiger charge is -2.10. The maximum Gasteiger partial charge on any atom is 0.422 e. The van der Waals surface area contributed by atoms with Crippen LogP contribution < -0.4 is 14.8 Å². The van der Waals surface area contributed by atoms with Crippen LogP contribution in [0.1, 0.15) is 11.1 Å². The number of aryl methyl sites for hydroxylation is 1. The van der Waals surface area contributed by atoms with Gasteiger partial charge in [-0.3, -0.25) is 4.79 Å². The molecule has 2 rings (SSSR count). The number of carbonyl (C=O) groups excluding carboxylic acids is 1. The van der Waals surface area contributed by atoms with Crippen LogP contribution in [0.2, 0.25) is 0 Å². The third-order valence-electron chi connectivity index (χ3n) is 3.38. The van der Waals surface area contributed by atoms with Crippen LogP contribution >= 0.6 is 0 Å². The fourth-order valence-corrected chi connectivity index (χ4v) is 2.16. The van der Waals surface area contributed by atoms with Crippen LogP contribution in [0.5, 0.6) is 11.5 Å². The average Bonchev–Trinajstić information content (AvgIpc) is 2.55. The van der Waals surface area contributed by atoms with Crippen LogP contribution in [0, 0.1) is 6.92 Å². The Balaban J connectivity index is 1.92. The summed E-state index contributed by atoms with van der Waals surface area (Å²) in [6, 6.07) is 11.2. The monoisotopic (exact) mass is 353 g/mol. The van der Waals surface area contributed by atoms with Crippen LogP contribution in [0.3, 0.4) is 0 Å². The van der Waals surface area contributed by atoms with E-state index >= 15 is 0 Å². The van der Waals surface area contributed by atoms with E-state index in [1.54, 1.807) is 13.2 Å². The molecule has 2 aromatic carbocycles. The number of benzene rings is 2. The van der Waals surface area contributed by atoms with E-state index in [2.05, 4.69) is 10.1 Å². The molecule has 0 unspecified atom stereocenters. The number of ether oxygens (including phenoxy) is 2. The summed E-state index contributed by atoms with van der Waals surface area (Å²) in [4.78, 5) is 12.1. The van der Waals surface area contributed by atoms with Crippen LogP contribution in [-0.2, 0) is 11.2 Å². The number of anilines is 1. The number of hydrogen-bond acceptors (Lipinski definition) is 3. The molecular weight excluding hydrogens is 335 g/mol. The minimum atomic E-state index is -4.39. The first-order valence-corrected chi connectivity index (χ1v) is 7.50. The summed E-state index contributed by atoms with van der Waals surface area (Å²) in [6.07, 6.45) is -4.23. The van der Waals surface area contributed by atoms with Crippen molar-refractivity contribution in [2.45, 2.75) is 19.5 Å². The molecule has 7 heteroatoms. The zero-order chi connectivity index (χ0) is 18.4. The molecule has 0 aromatic heterocycles. The smallest absolute Gasteiger partial charge is 0.422 e. The Hall–Kier alpha value is -2.70. The van der Waals surface area contributed by atoms with E-state index in [9.17, 15) is 18.0 Å². The van der Waals surface area contributed by atoms with E-state index in [4.69, 9.17) is 4.74 Å². The average molecular weight is 353 g/mol. The van der Waals surface area contributed by atoms with Crippen molar-refractivity contribution in [2.75, 3.05) is 19.0 Å². The van der Waals surface area contributed by atoms with Crippen molar-refractivity contribution in [3.8, 4) is 11.5 Å². The number of amides is 1. The molecular formula is C18H18F3NO3. The SMILES string of the molecule is COc1cc(CC(=O)Nc2ccc(OCC(F)(F)F)cc2)ccc1C. The Morgan fingerprint density at radius 1 is 1.12 bits per heavy atom. The summed E-state index contributed by atoms with van der Waals surface area (Å²) in [7, 11) is 1.56. The fourth-order valence-electron chi connectivity index (χ4n) is 2.16. The molecule has 1 amide bonds. The van der Waals surface area contributed by atoms with Crippen molar-refractivity contribution in [3.05, 3.63) is 53.6 Å². The molecule has 0 saturated heterocycles. The van der Waals surface area contributed by atoms with Gasteiger partial charge in [0.15, 0.2) is 6.61 Å². The third-order valence-corrected chi connectivity index (χ3v) is 3.38. The van der Waals surface area contributed by atoms with Gasteiger partial charge < -0.3 is 14.8 Å². The molecule has 0 atom stereocenters. The second-order valence-electron chi connectivity index (χ2n) is 5.46. The summed E-state index contributed by atoms with van der Waals surface area (Å²) in [5, 5.41) is 2.68. The van der Waals surface area contributed by atoms with Gasteiger partial charge in [0.05, 0.1) is 13.5 Å². The number of methoxy groups -OCH3 is 1. The number of rotatable bonds is 6. The molecule has 0 saturated carbocycles. The minimum Gasteiger partial charge on any atom is -0.496 e. The maximum atomic E-state index is 12.1. The summed E-state index contributed by atoms with van der Waals surface area (Å²) in [5.74, 6) is 0.546. The lowest BCUT2D eigenvalue weighted by atomic mass is 10.1. The van der Waals surface area contributed by atoms with Crippen molar-refractivity contribution in [2.24, 2.45) is 0 Å². The van der Waals surface area contributed by atoms with Gasteiger partial charge in [0.1, 0.15) is 11.5 Å². The predicted molar refractivity (Wildman–Crippen MR) is 88.1 cm³/mol. The molecule has 0 spiro atoms. The van der Waals surface area contributed by atoms with Gasteiger partial charge in [-0.05, 0) is 48.4 Å². The number of carbonyl (C=O) groups is 1. The van der Waals surface area contributed by atoms with Gasteiger partial charge >= 0.3 is 6.18 Å². The van der Waals surface area contributed by atoms with E-state index < -0.39 is 12.8 Å². The molecule has 0 aliphatic heterocycles. The molecule has 0 fully saturated rings. The fraction of sp³-hybridized carbons (Fsp3) is 0.278. The van der Waals surface area contributed by atoms with Crippen LogP contribution in [0.15, 0.2) is 42.5 Å². The largest absolute Gasteiger partial charge is 0.496 e. The molecule has 0 aliphatic carbocycles. The second kappa shape index (κ2) is 7.92. The molecule has 2 aromatic rings. The molecule has 0 bridgehead atoms. The Morgan fingerprint density at radius 2 is 1.80 bits per heavy atom. The van der Waals surface area contributed by atoms with Crippen molar-refractivity contribution in [1.29, 1.82) is 0 Å². The number of halogens is 3. The summed E-state index contributed by atoms with van der Waals surface area (Å²) in [6.45, 7) is 0.555. The van der Waals surface area contributed by atoms with Crippen molar-refractivity contribution in [3.63, 3.8) is 0 Å². The lowest BCUT2D eigenvalue weighted by molar-refractivity contribution is -0.153. The van der Waals surface area contributed by atoms with E-state index in [-0.39, 0.29) is 18.1 Å². The van der Waals surface area contributed by atoms with Crippen molar-refractivity contribution < 1.29 is 27.4 Å². The summed E-state index contributed by atoms with van der Waals surface area (Å²) >= 11 is 0. The Morgan fingerprint density at radius 3 is 2.40 bits per heavy atom. The highest BCUT2D eigenvalue weighted by Gasteiger charge is 2.28. The lowest BCUT2D eigenvalue weighted by Crippen LogP contribution is -2.19. The molecule has 4 nitrogen and oxygen atoms in total. The molecule has 0 heterocycles. The molecule has 0 radical (unpaired) electrons. The highest BCUT2D eigenvalue weighted by Crippen LogP contribution is 2.21. The van der Waals surface area contributed by atoms with Gasteiger partial charge in [-0.15, -0.1) is 0 Å². The van der Waals surface area contributed by atoms with Gasteiger partial charge in [0, 0.05) is 5.69 Å². The first-order chi connectivity index (χ1) is 11.8. The number of nitrogens with one attached hydrogen (secondary N) is 1. The normalized spacial score (nSPS) is 11.1. The van der Waals surface area contributed by atoms with Gasteiger partial charge in [-0.2, -0.15) is 13.2 Å². The first kappa shape index (κ1) is 18.6. The molecule has 25 heavy (non-hydrogen) atoms. The van der Waals surface area contributed by atoms with E-state index in [1.165, 1.54) is 24.3 Å². The third kappa shape index (κ3) is 6.02. The molecule has 1 N–H and O–H groups in total. The topological polar surface area (TPSA) is 47.6 Å². The molecule has 134 valence electrons. The van der Waals surface area contributed by atoms with Crippen molar-refractivity contribution in [1.82, 2.24) is 0 Å². The maximum absolute atomic E-state index is 12.1. The van der Waals surface area contributed by atoms with Crippen LogP contribution in [0.4, 0.5) is 18.9 Å². The standard InChI is InChI=1S/C18H18F3NO3/c1-12-3-4-13(9-16(12)24-2)10-17(23)22-14-5-7-15(8-6-14)25-11-18(19,20)21/h3-9H,10-11H2,1-2H3,(H,22,23). The summed E-state index contributed by atoms with van der Waals surface area (Å²) < 4.78 is 46.1. The Kier molecular flexibility index (Phi) is 5.90. The van der Waals surface area contributed by atoms with Gasteiger partial charge in [-0.25, -0.2) is 0 Å². The minimum absolute atomic E-state index is 0.0820. The zero-order valence-electron chi connectivity index (χ0n) is 13.8. The first-order valence-electron chi connectivity index (χ1n) is 7.50. The molecule has 0 aliphatic rings. The van der Waals surface area contributed by atoms with Crippen molar-refractivity contribution >= 4 is 11.6 Å². The van der Waals surface area contributed by atoms with E-state index in [0.717, 1.165) is 11.1 Å². The van der Waals surface area contributed by atoms with Gasteiger partial charge in [0.25, 0.3) is 0 Å². The highest BCUT2D eigenvalue weighted by molar-refractivity contribution is 5.92. The van der Waals surface area contributed by atoms with Crippen LogP contribution in [-0.4, -0.2) is 25.8 Å². The Labute approximate surface area is 143 Å². The van der Waals surface area contributed by atoms with Crippen LogP contribution in [0.25, 0.3) is 0 Å². The van der Waals surface area contributed by atoms with E-state index in [1.807, 2.05) is 19.1 Å². The zero-order valence-corrected chi connectivity index (χ0v) is 13.8. The Bertz CT molecular complexity index is 727. The number of alkyl halides is 3. The highest BCUT2D eigenvalue weighted by atomic mass is 19.4. The number of hydrogen-bond donors (Lipinski definition) is 1.